The fourth-order valence-corrected chi connectivity index (χ4v) is 2.44. The van der Waals surface area contributed by atoms with E-state index in [-0.39, 0.29) is 24.6 Å². The number of carbonyl (C=O) groups is 1. The van der Waals surface area contributed by atoms with E-state index in [2.05, 4.69) is 18.9 Å². The molecule has 6 heteroatoms. The third kappa shape index (κ3) is 3.20. The lowest BCUT2D eigenvalue weighted by Crippen LogP contribution is -2.44. The largest absolute Gasteiger partial charge is 0.467 e. The van der Waals surface area contributed by atoms with Gasteiger partial charge in [-0.3, -0.25) is 5.41 Å². The SMILES string of the molecule is CCCN(C)C1CC(C(=O)OC)N(C(=N)CN)C1. The number of methoxy groups -OCH3 is 1. The van der Waals surface area contributed by atoms with Gasteiger partial charge in [-0.1, -0.05) is 6.92 Å². The van der Waals surface area contributed by atoms with Crippen molar-refractivity contribution in [3.05, 3.63) is 0 Å². The topological polar surface area (TPSA) is 82.7 Å². The summed E-state index contributed by atoms with van der Waals surface area (Å²) in [5.74, 6) is 0.0263. The first-order valence-corrected chi connectivity index (χ1v) is 6.37. The number of likely N-dealkylation sites (N-methyl/N-ethyl adjacent to an activating group) is 1. The van der Waals surface area contributed by atoms with Gasteiger partial charge in [0.1, 0.15) is 11.9 Å². The molecule has 1 fully saturated rings. The Labute approximate surface area is 109 Å². The molecule has 2 unspecified atom stereocenters. The van der Waals surface area contributed by atoms with Crippen molar-refractivity contribution in [2.45, 2.75) is 31.8 Å². The Morgan fingerprint density at radius 3 is 2.78 bits per heavy atom. The summed E-state index contributed by atoms with van der Waals surface area (Å²) in [5.41, 5.74) is 5.50. The number of nitrogens with one attached hydrogen (secondary N) is 1. The summed E-state index contributed by atoms with van der Waals surface area (Å²) in [5, 5.41) is 7.84. The van der Waals surface area contributed by atoms with Crippen LogP contribution in [0.3, 0.4) is 0 Å². The zero-order valence-corrected chi connectivity index (χ0v) is 11.5. The zero-order chi connectivity index (χ0) is 13.7. The van der Waals surface area contributed by atoms with Crippen LogP contribution in [-0.2, 0) is 9.53 Å². The van der Waals surface area contributed by atoms with Gasteiger partial charge in [0.2, 0.25) is 0 Å². The van der Waals surface area contributed by atoms with Gasteiger partial charge in [-0.05, 0) is 26.4 Å². The molecule has 1 aliphatic heterocycles. The van der Waals surface area contributed by atoms with E-state index in [0.717, 1.165) is 13.0 Å². The molecule has 104 valence electrons. The van der Waals surface area contributed by atoms with Crippen LogP contribution in [-0.4, -0.2) is 67.5 Å². The Morgan fingerprint density at radius 2 is 2.28 bits per heavy atom. The van der Waals surface area contributed by atoms with Crippen molar-refractivity contribution in [1.82, 2.24) is 9.80 Å². The van der Waals surface area contributed by atoms with Gasteiger partial charge in [0.25, 0.3) is 0 Å². The number of nitrogens with two attached hydrogens (primary N) is 1. The highest BCUT2D eigenvalue weighted by Gasteiger charge is 2.39. The first kappa shape index (κ1) is 14.9. The maximum absolute atomic E-state index is 11.8. The minimum atomic E-state index is -0.365. The summed E-state index contributed by atoms with van der Waals surface area (Å²) in [6.45, 7) is 3.94. The number of nitrogens with zero attached hydrogens (tertiary/aromatic N) is 2. The number of hydrogen-bond donors (Lipinski definition) is 2. The molecular weight excluding hydrogens is 232 g/mol. The molecule has 1 saturated heterocycles. The van der Waals surface area contributed by atoms with Gasteiger partial charge >= 0.3 is 5.97 Å². The van der Waals surface area contributed by atoms with Crippen LogP contribution < -0.4 is 5.73 Å². The van der Waals surface area contributed by atoms with Crippen molar-refractivity contribution in [2.24, 2.45) is 5.73 Å². The van der Waals surface area contributed by atoms with Crippen LogP contribution >= 0.6 is 0 Å². The number of likely N-dealkylation sites (tertiary alicyclic amines) is 1. The van der Waals surface area contributed by atoms with Crippen molar-refractivity contribution in [1.29, 1.82) is 5.41 Å². The van der Waals surface area contributed by atoms with Crippen LogP contribution in [0.15, 0.2) is 0 Å². The third-order valence-electron chi connectivity index (χ3n) is 3.49. The van der Waals surface area contributed by atoms with E-state index >= 15 is 0 Å². The molecule has 1 heterocycles. The molecule has 6 nitrogen and oxygen atoms in total. The molecule has 0 saturated carbocycles. The molecule has 18 heavy (non-hydrogen) atoms. The molecular formula is C12H24N4O2. The minimum absolute atomic E-state index is 0.151. The molecule has 0 aromatic heterocycles. The molecule has 1 rings (SSSR count). The Bertz CT molecular complexity index is 284. The number of hydrogen-bond acceptors (Lipinski definition) is 5. The molecule has 0 aliphatic carbocycles. The highest BCUT2D eigenvalue weighted by Crippen LogP contribution is 2.22. The monoisotopic (exact) mass is 256 g/mol. The molecule has 0 aromatic carbocycles. The standard InChI is InChI=1S/C12H24N4O2/c1-4-5-15(2)9-6-10(12(17)18-3)16(8-9)11(14)7-13/h9-10,14H,4-8,13H2,1-3H3. The molecule has 0 amide bonds. The van der Waals surface area contributed by atoms with Gasteiger partial charge in [-0.2, -0.15) is 0 Å². The summed E-state index contributed by atoms with van der Waals surface area (Å²) in [4.78, 5) is 15.8. The first-order valence-electron chi connectivity index (χ1n) is 6.37. The van der Waals surface area contributed by atoms with E-state index in [1.165, 1.54) is 7.11 Å². The second kappa shape index (κ2) is 6.70. The molecule has 0 aromatic rings. The smallest absolute Gasteiger partial charge is 0.328 e. The van der Waals surface area contributed by atoms with Crippen molar-refractivity contribution in [2.75, 3.05) is 33.8 Å². The minimum Gasteiger partial charge on any atom is -0.467 e. The molecule has 0 radical (unpaired) electrons. The van der Waals surface area contributed by atoms with Crippen molar-refractivity contribution in [3.63, 3.8) is 0 Å². The summed E-state index contributed by atoms with van der Waals surface area (Å²) < 4.78 is 4.81. The van der Waals surface area contributed by atoms with Crippen LogP contribution in [0.5, 0.6) is 0 Å². The van der Waals surface area contributed by atoms with Crippen molar-refractivity contribution < 1.29 is 9.53 Å². The van der Waals surface area contributed by atoms with E-state index in [0.29, 0.717) is 18.8 Å². The summed E-state index contributed by atoms with van der Waals surface area (Å²) in [7, 11) is 3.44. The highest BCUT2D eigenvalue weighted by molar-refractivity contribution is 5.87. The van der Waals surface area contributed by atoms with Gasteiger partial charge in [-0.25, -0.2) is 4.79 Å². The fraction of sp³-hybridized carbons (Fsp3) is 0.833. The average molecular weight is 256 g/mol. The number of rotatable bonds is 5. The maximum atomic E-state index is 11.8. The molecule has 0 bridgehead atoms. The Kier molecular flexibility index (Phi) is 5.55. The van der Waals surface area contributed by atoms with Gasteiger partial charge in [0.15, 0.2) is 0 Å². The van der Waals surface area contributed by atoms with Crippen LogP contribution in [0.4, 0.5) is 0 Å². The lowest BCUT2D eigenvalue weighted by molar-refractivity contribution is -0.144. The van der Waals surface area contributed by atoms with Gasteiger partial charge in [-0.15, -0.1) is 0 Å². The lowest BCUT2D eigenvalue weighted by atomic mass is 10.1. The van der Waals surface area contributed by atoms with Crippen molar-refractivity contribution in [3.8, 4) is 0 Å². The van der Waals surface area contributed by atoms with E-state index < -0.39 is 0 Å². The lowest BCUT2D eigenvalue weighted by Gasteiger charge is -2.25. The number of carbonyl (C=O) groups excluding carboxylic acids is 1. The Hall–Kier alpha value is -1.14. The number of amidine groups is 1. The average Bonchev–Trinajstić information content (AvgIpc) is 2.82. The normalized spacial score (nSPS) is 23.5. The quantitative estimate of drug-likeness (QED) is 0.407. The molecule has 0 spiro atoms. The Morgan fingerprint density at radius 1 is 1.61 bits per heavy atom. The summed E-state index contributed by atoms with van der Waals surface area (Å²) >= 11 is 0. The predicted molar refractivity (Wildman–Crippen MR) is 70.6 cm³/mol. The molecule has 1 aliphatic rings. The van der Waals surface area contributed by atoms with E-state index in [1.807, 2.05) is 0 Å². The predicted octanol–water partition coefficient (Wildman–Crippen LogP) is -0.120. The van der Waals surface area contributed by atoms with Gasteiger partial charge in [0, 0.05) is 12.6 Å². The molecule has 3 N–H and O–H groups in total. The van der Waals surface area contributed by atoms with Crippen LogP contribution in [0, 0.1) is 5.41 Å². The number of ether oxygens (including phenoxy) is 1. The van der Waals surface area contributed by atoms with E-state index in [4.69, 9.17) is 15.9 Å². The first-order chi connectivity index (χ1) is 8.54. The second-order valence-corrected chi connectivity index (χ2v) is 4.71. The van der Waals surface area contributed by atoms with Crippen LogP contribution in [0.2, 0.25) is 0 Å². The van der Waals surface area contributed by atoms with Gasteiger partial charge in [0.05, 0.1) is 13.7 Å². The third-order valence-corrected chi connectivity index (χ3v) is 3.49. The molecule has 2 atom stereocenters. The zero-order valence-electron chi connectivity index (χ0n) is 11.5. The number of esters is 1. The summed E-state index contributed by atoms with van der Waals surface area (Å²) in [6, 6.07) is -0.0868. The van der Waals surface area contributed by atoms with Crippen molar-refractivity contribution >= 4 is 11.8 Å². The van der Waals surface area contributed by atoms with E-state index in [1.54, 1.807) is 4.90 Å². The van der Waals surface area contributed by atoms with Crippen LogP contribution in [0.25, 0.3) is 0 Å². The maximum Gasteiger partial charge on any atom is 0.328 e. The Balaban J connectivity index is 2.75. The van der Waals surface area contributed by atoms with E-state index in [9.17, 15) is 4.79 Å². The fourth-order valence-electron chi connectivity index (χ4n) is 2.44. The summed E-state index contributed by atoms with van der Waals surface area (Å²) in [6.07, 6.45) is 1.77. The highest BCUT2D eigenvalue weighted by atomic mass is 16.5. The van der Waals surface area contributed by atoms with Gasteiger partial charge < -0.3 is 20.3 Å². The van der Waals surface area contributed by atoms with Crippen LogP contribution in [0.1, 0.15) is 19.8 Å². The second-order valence-electron chi connectivity index (χ2n) is 4.71.